The highest BCUT2D eigenvalue weighted by molar-refractivity contribution is 7.11. The molecule has 1 unspecified atom stereocenters. The maximum absolute atomic E-state index is 4.41. The molecule has 1 fully saturated rings. The van der Waals surface area contributed by atoms with Gasteiger partial charge in [-0.3, -0.25) is 0 Å². The van der Waals surface area contributed by atoms with Gasteiger partial charge in [0.2, 0.25) is 0 Å². The topological polar surface area (TPSA) is 24.9 Å². The maximum atomic E-state index is 4.41. The van der Waals surface area contributed by atoms with Crippen LogP contribution in [0.25, 0.3) is 0 Å². The predicted molar refractivity (Wildman–Crippen MR) is 85.4 cm³/mol. The molecule has 1 aromatic heterocycles. The lowest BCUT2D eigenvalue weighted by atomic mass is 9.79. The molecule has 1 heterocycles. The van der Waals surface area contributed by atoms with E-state index in [2.05, 4.69) is 48.4 Å². The van der Waals surface area contributed by atoms with E-state index >= 15 is 0 Å². The average Bonchev–Trinajstić information content (AvgIpc) is 2.81. The van der Waals surface area contributed by atoms with Crippen molar-refractivity contribution in [1.29, 1.82) is 0 Å². The molecule has 1 saturated carbocycles. The van der Waals surface area contributed by atoms with Gasteiger partial charge in [-0.1, -0.05) is 37.6 Å². The van der Waals surface area contributed by atoms with Gasteiger partial charge in [0.1, 0.15) is 0 Å². The minimum Gasteiger partial charge on any atom is -0.306 e. The number of nitrogens with zero attached hydrogens (tertiary/aromatic N) is 1. The molecule has 0 saturated heterocycles. The number of nitrogens with one attached hydrogen (secondary N) is 1. The van der Waals surface area contributed by atoms with Crippen molar-refractivity contribution < 1.29 is 0 Å². The van der Waals surface area contributed by atoms with E-state index in [1.165, 1.54) is 35.3 Å². The van der Waals surface area contributed by atoms with E-state index < -0.39 is 0 Å². The fraction of sp³-hybridized carbons (Fsp3) is 0.471. The first-order chi connectivity index (χ1) is 9.78. The number of rotatable bonds is 5. The molecule has 3 heteroatoms. The van der Waals surface area contributed by atoms with Crippen molar-refractivity contribution >= 4 is 11.3 Å². The molecule has 20 heavy (non-hydrogen) atoms. The summed E-state index contributed by atoms with van der Waals surface area (Å²) in [5, 5.41) is 4.74. The van der Waals surface area contributed by atoms with E-state index in [4.69, 9.17) is 0 Å². The Morgan fingerprint density at radius 3 is 2.85 bits per heavy atom. The summed E-state index contributed by atoms with van der Waals surface area (Å²) in [5.74, 6) is 0.792. The first-order valence-corrected chi connectivity index (χ1v) is 8.35. The quantitative estimate of drug-likeness (QED) is 0.880. The van der Waals surface area contributed by atoms with Crippen LogP contribution in [0.15, 0.2) is 30.5 Å². The molecule has 0 amide bonds. The lowest BCUT2D eigenvalue weighted by molar-refractivity contribution is 0.419. The minimum absolute atomic E-state index is 0.284. The molecule has 1 atom stereocenters. The van der Waals surface area contributed by atoms with Crippen LogP contribution in [0.3, 0.4) is 0 Å². The van der Waals surface area contributed by atoms with E-state index in [9.17, 15) is 0 Å². The van der Waals surface area contributed by atoms with Crippen molar-refractivity contribution in [3.05, 3.63) is 51.5 Å². The van der Waals surface area contributed by atoms with E-state index in [0.717, 1.165) is 17.5 Å². The van der Waals surface area contributed by atoms with Gasteiger partial charge >= 0.3 is 0 Å². The van der Waals surface area contributed by atoms with Gasteiger partial charge in [0.15, 0.2) is 0 Å². The molecule has 1 aliphatic carbocycles. The van der Waals surface area contributed by atoms with Gasteiger partial charge in [0.25, 0.3) is 0 Å². The van der Waals surface area contributed by atoms with E-state index in [-0.39, 0.29) is 6.04 Å². The Hall–Kier alpha value is -1.19. The molecule has 0 aliphatic heterocycles. The molecule has 0 radical (unpaired) electrons. The fourth-order valence-electron chi connectivity index (χ4n) is 2.83. The molecule has 2 aromatic rings. The highest BCUT2D eigenvalue weighted by Gasteiger charge is 2.21. The van der Waals surface area contributed by atoms with E-state index in [1.54, 1.807) is 11.3 Å². The Bertz CT molecular complexity index is 572. The third-order valence-corrected chi connectivity index (χ3v) is 5.13. The van der Waals surface area contributed by atoms with E-state index in [0.29, 0.717) is 0 Å². The summed E-state index contributed by atoms with van der Waals surface area (Å²) >= 11 is 1.79. The van der Waals surface area contributed by atoms with Crippen molar-refractivity contribution in [2.75, 3.05) is 6.54 Å². The second-order valence-electron chi connectivity index (χ2n) is 5.57. The van der Waals surface area contributed by atoms with Crippen LogP contribution < -0.4 is 5.32 Å². The molecule has 1 N–H and O–H groups in total. The molecular formula is C17H22N2S. The van der Waals surface area contributed by atoms with Gasteiger partial charge in [-0.2, -0.15) is 0 Å². The summed E-state index contributed by atoms with van der Waals surface area (Å²) in [4.78, 5) is 5.72. The number of benzene rings is 1. The molecule has 0 bridgehead atoms. The third kappa shape index (κ3) is 2.79. The second kappa shape index (κ2) is 6.06. The molecular weight excluding hydrogens is 264 g/mol. The second-order valence-corrected chi connectivity index (χ2v) is 6.84. The van der Waals surface area contributed by atoms with Gasteiger partial charge < -0.3 is 5.32 Å². The molecule has 1 aromatic carbocycles. The molecule has 0 spiro atoms. The summed E-state index contributed by atoms with van der Waals surface area (Å²) in [6, 6.07) is 9.41. The summed E-state index contributed by atoms with van der Waals surface area (Å²) in [7, 11) is 0. The van der Waals surface area contributed by atoms with Crippen LogP contribution in [0, 0.1) is 6.92 Å². The zero-order valence-corrected chi connectivity index (χ0v) is 13.0. The number of hydrogen-bond donors (Lipinski definition) is 1. The van der Waals surface area contributed by atoms with Gasteiger partial charge in [-0.15, -0.1) is 11.3 Å². The highest BCUT2D eigenvalue weighted by atomic mass is 32.1. The van der Waals surface area contributed by atoms with Crippen molar-refractivity contribution in [3.8, 4) is 0 Å². The maximum Gasteiger partial charge on any atom is 0.0897 e. The van der Waals surface area contributed by atoms with Crippen LogP contribution in [0.2, 0.25) is 0 Å². The average molecular weight is 286 g/mol. The first-order valence-electron chi connectivity index (χ1n) is 7.53. The van der Waals surface area contributed by atoms with Crippen LogP contribution in [0.4, 0.5) is 0 Å². The summed E-state index contributed by atoms with van der Waals surface area (Å²) in [6.45, 7) is 5.20. The Morgan fingerprint density at radius 2 is 2.25 bits per heavy atom. The normalized spacial score (nSPS) is 16.9. The third-order valence-electron chi connectivity index (χ3n) is 4.15. The largest absolute Gasteiger partial charge is 0.306 e. The predicted octanol–water partition coefficient (Wildman–Crippen LogP) is 4.42. The lowest BCUT2D eigenvalue weighted by Crippen LogP contribution is -2.21. The number of aromatic nitrogens is 1. The molecule has 3 rings (SSSR count). The monoisotopic (exact) mass is 286 g/mol. The zero-order valence-electron chi connectivity index (χ0n) is 12.2. The summed E-state index contributed by atoms with van der Waals surface area (Å²) < 4.78 is 0. The Morgan fingerprint density at radius 1 is 1.40 bits per heavy atom. The smallest absolute Gasteiger partial charge is 0.0897 e. The van der Waals surface area contributed by atoms with Crippen LogP contribution in [-0.4, -0.2) is 11.5 Å². The standard InChI is InChI=1S/C17H22N2S/c1-3-18-17(16-11-19-12(2)20-16)15-9-5-8-14(10-15)13-6-4-7-13/h5,8-11,13,17-18H,3-4,6-7H2,1-2H3. The fourth-order valence-corrected chi connectivity index (χ4v) is 3.72. The lowest BCUT2D eigenvalue weighted by Gasteiger charge is -2.27. The van der Waals surface area contributed by atoms with Gasteiger partial charge in [0.05, 0.1) is 11.0 Å². The summed E-state index contributed by atoms with van der Waals surface area (Å²) in [5.41, 5.74) is 2.89. The van der Waals surface area contributed by atoms with Crippen molar-refractivity contribution in [2.24, 2.45) is 0 Å². The summed E-state index contributed by atoms with van der Waals surface area (Å²) in [6.07, 6.45) is 6.12. The zero-order chi connectivity index (χ0) is 13.9. The van der Waals surface area contributed by atoms with Crippen molar-refractivity contribution in [1.82, 2.24) is 10.3 Å². The Balaban J connectivity index is 1.90. The van der Waals surface area contributed by atoms with Crippen LogP contribution in [-0.2, 0) is 0 Å². The van der Waals surface area contributed by atoms with Gasteiger partial charge in [-0.05, 0) is 43.4 Å². The van der Waals surface area contributed by atoms with Crippen LogP contribution in [0.5, 0.6) is 0 Å². The van der Waals surface area contributed by atoms with Gasteiger partial charge in [0, 0.05) is 11.1 Å². The number of hydrogen-bond acceptors (Lipinski definition) is 3. The Kier molecular flexibility index (Phi) is 4.18. The number of aryl methyl sites for hydroxylation is 1. The SMILES string of the molecule is CCNC(c1cccc(C2CCC2)c1)c1cnc(C)s1. The minimum atomic E-state index is 0.284. The van der Waals surface area contributed by atoms with Crippen molar-refractivity contribution in [3.63, 3.8) is 0 Å². The van der Waals surface area contributed by atoms with Crippen LogP contribution in [0.1, 0.15) is 59.2 Å². The van der Waals surface area contributed by atoms with Crippen LogP contribution >= 0.6 is 11.3 Å². The van der Waals surface area contributed by atoms with Crippen molar-refractivity contribution in [2.45, 2.75) is 45.1 Å². The highest BCUT2D eigenvalue weighted by Crippen LogP contribution is 2.37. The Labute approximate surface area is 125 Å². The van der Waals surface area contributed by atoms with E-state index in [1.807, 2.05) is 6.20 Å². The molecule has 2 nitrogen and oxygen atoms in total. The number of thiazole rings is 1. The first kappa shape index (κ1) is 13.8. The molecule has 106 valence electrons. The molecule has 1 aliphatic rings. The van der Waals surface area contributed by atoms with Gasteiger partial charge in [-0.25, -0.2) is 4.98 Å².